The van der Waals surface area contributed by atoms with Gasteiger partial charge in [-0.1, -0.05) is 103 Å². The first-order chi connectivity index (χ1) is 16.2. The Hall–Kier alpha value is -4.30. The van der Waals surface area contributed by atoms with Gasteiger partial charge in [-0.05, 0) is 50.4 Å². The second-order valence-corrected chi connectivity index (χ2v) is 8.44. The summed E-state index contributed by atoms with van der Waals surface area (Å²) >= 11 is 0. The van der Waals surface area contributed by atoms with E-state index < -0.39 is 0 Å². The molecule has 2 heteroatoms. The number of hydrogen-bond donors (Lipinski definition) is 2. The van der Waals surface area contributed by atoms with E-state index in [-0.39, 0.29) is 17.4 Å². The molecule has 0 bridgehead atoms. The molecule has 0 atom stereocenters. The fraction of sp³-hybridized carbons (Fsp3) is 0.0323. The molecule has 0 fully saturated rings. The van der Waals surface area contributed by atoms with Crippen molar-refractivity contribution in [3.63, 3.8) is 0 Å². The van der Waals surface area contributed by atoms with Gasteiger partial charge in [0.15, 0.2) is 0 Å². The molecule has 0 unspecified atom stereocenters. The lowest BCUT2D eigenvalue weighted by Gasteiger charge is -2.24. The van der Waals surface area contributed by atoms with E-state index in [9.17, 15) is 10.2 Å². The van der Waals surface area contributed by atoms with Crippen molar-refractivity contribution in [2.75, 3.05) is 0 Å². The third kappa shape index (κ3) is 3.11. The van der Waals surface area contributed by atoms with Gasteiger partial charge < -0.3 is 10.2 Å². The maximum atomic E-state index is 10.6. The van der Waals surface area contributed by atoms with Gasteiger partial charge in [-0.25, -0.2) is 0 Å². The summed E-state index contributed by atoms with van der Waals surface area (Å²) in [6.07, 6.45) is 0. The fourth-order valence-corrected chi connectivity index (χ4v) is 5.12. The number of phenolic OH excluding ortho intramolecular Hbond substituents is 2. The third-order valence-electron chi connectivity index (χ3n) is 6.63. The highest BCUT2D eigenvalue weighted by atomic mass is 16.3. The Labute approximate surface area is 192 Å². The highest BCUT2D eigenvalue weighted by Gasteiger charge is 2.24. The minimum absolute atomic E-state index is 0.0906. The molecule has 6 aromatic carbocycles. The van der Waals surface area contributed by atoms with Gasteiger partial charge in [0.05, 0.1) is 0 Å². The molecule has 2 nitrogen and oxygen atoms in total. The van der Waals surface area contributed by atoms with Gasteiger partial charge in [0, 0.05) is 16.7 Å². The van der Waals surface area contributed by atoms with Crippen molar-refractivity contribution < 1.29 is 10.2 Å². The largest absolute Gasteiger partial charge is 0.507 e. The second kappa shape index (κ2) is 7.68. The Morgan fingerprint density at radius 1 is 0.364 bits per heavy atom. The Morgan fingerprint density at radius 3 is 1.36 bits per heavy atom. The first-order valence-electron chi connectivity index (χ1n) is 11.1. The second-order valence-electron chi connectivity index (χ2n) is 8.44. The number of fused-ring (bicyclic) bond motifs is 3. The standard InChI is InChI=1S/C31H22O2/c32-29-18-16-27(22-11-3-5-13-24(22)29)31(26-15-7-9-20-8-1-2-10-21(20)26)28-17-19-30(33)25-14-6-4-12-23(25)28/h1-19,31-33H. The molecular weight excluding hydrogens is 404 g/mol. The summed E-state index contributed by atoms with van der Waals surface area (Å²) in [5.74, 6) is 0.468. The zero-order valence-electron chi connectivity index (χ0n) is 17.9. The van der Waals surface area contributed by atoms with Crippen LogP contribution in [-0.4, -0.2) is 10.2 Å². The SMILES string of the molecule is Oc1ccc(C(c2cccc3ccccc23)c2ccc(O)c3ccccc23)c2ccccc12. The molecule has 0 amide bonds. The summed E-state index contributed by atoms with van der Waals surface area (Å²) in [7, 11) is 0. The van der Waals surface area contributed by atoms with Crippen LogP contribution in [0.1, 0.15) is 22.6 Å². The minimum atomic E-state index is -0.0906. The molecule has 0 aliphatic carbocycles. The molecule has 6 rings (SSSR count). The molecule has 0 saturated carbocycles. The molecule has 0 radical (unpaired) electrons. The van der Waals surface area contributed by atoms with E-state index in [2.05, 4.69) is 54.6 Å². The van der Waals surface area contributed by atoms with E-state index in [1.165, 1.54) is 16.3 Å². The zero-order valence-corrected chi connectivity index (χ0v) is 17.9. The van der Waals surface area contributed by atoms with E-state index in [4.69, 9.17) is 0 Å². The van der Waals surface area contributed by atoms with Crippen LogP contribution in [0.3, 0.4) is 0 Å². The Morgan fingerprint density at radius 2 is 0.788 bits per heavy atom. The maximum Gasteiger partial charge on any atom is 0.123 e. The normalized spacial score (nSPS) is 11.5. The van der Waals surface area contributed by atoms with Gasteiger partial charge in [0.1, 0.15) is 11.5 Å². The van der Waals surface area contributed by atoms with Gasteiger partial charge in [0.25, 0.3) is 0 Å². The van der Waals surface area contributed by atoms with Gasteiger partial charge in [-0.3, -0.25) is 0 Å². The van der Waals surface area contributed by atoms with Gasteiger partial charge in [-0.2, -0.15) is 0 Å². The van der Waals surface area contributed by atoms with Crippen LogP contribution in [0, 0.1) is 0 Å². The summed E-state index contributed by atoms with van der Waals surface area (Å²) in [4.78, 5) is 0. The van der Waals surface area contributed by atoms with Crippen molar-refractivity contribution in [2.45, 2.75) is 5.92 Å². The lowest BCUT2D eigenvalue weighted by Crippen LogP contribution is -2.06. The maximum absolute atomic E-state index is 10.6. The van der Waals surface area contributed by atoms with Crippen molar-refractivity contribution in [3.8, 4) is 11.5 Å². The molecule has 2 N–H and O–H groups in total. The summed E-state index contributed by atoms with van der Waals surface area (Å²) in [5, 5.41) is 27.2. The van der Waals surface area contributed by atoms with Crippen LogP contribution in [0.4, 0.5) is 0 Å². The van der Waals surface area contributed by atoms with E-state index in [1.807, 2.05) is 48.5 Å². The van der Waals surface area contributed by atoms with Crippen LogP contribution in [0.5, 0.6) is 11.5 Å². The molecule has 0 spiro atoms. The summed E-state index contributed by atoms with van der Waals surface area (Å²) in [6, 6.07) is 38.5. The smallest absolute Gasteiger partial charge is 0.123 e. The summed E-state index contributed by atoms with van der Waals surface area (Å²) < 4.78 is 0. The van der Waals surface area contributed by atoms with Crippen molar-refractivity contribution >= 4 is 32.3 Å². The lowest BCUT2D eigenvalue weighted by molar-refractivity contribution is 0.481. The molecule has 0 aliphatic heterocycles. The number of aromatic hydroxyl groups is 2. The molecule has 0 aromatic heterocycles. The number of benzene rings is 6. The van der Waals surface area contributed by atoms with Crippen LogP contribution in [0.15, 0.2) is 115 Å². The molecular formula is C31H22O2. The summed E-state index contributed by atoms with van der Waals surface area (Å²) in [5.41, 5.74) is 3.44. The number of rotatable bonds is 3. The monoisotopic (exact) mass is 426 g/mol. The van der Waals surface area contributed by atoms with Crippen molar-refractivity contribution in [2.24, 2.45) is 0 Å². The van der Waals surface area contributed by atoms with Crippen LogP contribution >= 0.6 is 0 Å². The van der Waals surface area contributed by atoms with Crippen molar-refractivity contribution in [1.82, 2.24) is 0 Å². The predicted molar refractivity (Wildman–Crippen MR) is 136 cm³/mol. The predicted octanol–water partition coefficient (Wildman–Crippen LogP) is 7.74. The van der Waals surface area contributed by atoms with E-state index in [0.29, 0.717) is 0 Å². The molecule has 158 valence electrons. The van der Waals surface area contributed by atoms with Crippen LogP contribution in [0.25, 0.3) is 32.3 Å². The first kappa shape index (κ1) is 19.4. The van der Waals surface area contributed by atoms with E-state index in [0.717, 1.165) is 32.7 Å². The Balaban J connectivity index is 1.76. The van der Waals surface area contributed by atoms with Crippen molar-refractivity contribution in [3.05, 3.63) is 132 Å². The van der Waals surface area contributed by atoms with Crippen LogP contribution in [0.2, 0.25) is 0 Å². The average molecular weight is 427 g/mol. The molecule has 6 aromatic rings. The van der Waals surface area contributed by atoms with Gasteiger partial charge in [-0.15, -0.1) is 0 Å². The van der Waals surface area contributed by atoms with Gasteiger partial charge >= 0.3 is 0 Å². The number of hydrogen-bond acceptors (Lipinski definition) is 2. The Bertz CT molecular complexity index is 1560. The first-order valence-corrected chi connectivity index (χ1v) is 11.1. The minimum Gasteiger partial charge on any atom is -0.507 e. The Kier molecular flexibility index (Phi) is 4.51. The van der Waals surface area contributed by atoms with Crippen LogP contribution < -0.4 is 0 Å². The van der Waals surface area contributed by atoms with E-state index >= 15 is 0 Å². The highest BCUT2D eigenvalue weighted by Crippen LogP contribution is 2.44. The lowest BCUT2D eigenvalue weighted by atomic mass is 9.79. The fourth-order valence-electron chi connectivity index (χ4n) is 5.12. The zero-order chi connectivity index (χ0) is 22.4. The van der Waals surface area contributed by atoms with Crippen molar-refractivity contribution in [1.29, 1.82) is 0 Å². The summed E-state index contributed by atoms with van der Waals surface area (Å²) in [6.45, 7) is 0. The van der Waals surface area contributed by atoms with E-state index in [1.54, 1.807) is 12.1 Å². The topological polar surface area (TPSA) is 40.5 Å². The molecule has 33 heavy (non-hydrogen) atoms. The third-order valence-corrected chi connectivity index (χ3v) is 6.63. The molecule has 0 aliphatic rings. The molecule has 0 saturated heterocycles. The highest BCUT2D eigenvalue weighted by molar-refractivity contribution is 5.97. The molecule has 0 heterocycles. The average Bonchev–Trinajstić information content (AvgIpc) is 2.87. The van der Waals surface area contributed by atoms with Crippen LogP contribution in [-0.2, 0) is 0 Å². The quantitative estimate of drug-likeness (QED) is 0.284. The van der Waals surface area contributed by atoms with Gasteiger partial charge in [0.2, 0.25) is 0 Å². The number of phenols is 2.